The van der Waals surface area contributed by atoms with Gasteiger partial charge in [-0.25, -0.2) is 0 Å². The first kappa shape index (κ1) is 20.7. The van der Waals surface area contributed by atoms with Crippen molar-refractivity contribution in [2.45, 2.75) is 78.6 Å². The van der Waals surface area contributed by atoms with Gasteiger partial charge in [0.15, 0.2) is 0 Å². The topological polar surface area (TPSA) is 24.1 Å². The molecule has 2 unspecified atom stereocenters. The van der Waals surface area contributed by atoms with E-state index in [1.807, 2.05) is 0 Å². The first-order valence-corrected chi connectivity index (χ1v) is 10.3. The molecule has 0 saturated heterocycles. The number of hydrogen-bond donors (Lipinski definition) is 2. The van der Waals surface area contributed by atoms with Crippen LogP contribution < -0.4 is 10.6 Å². The van der Waals surface area contributed by atoms with E-state index >= 15 is 0 Å². The third kappa shape index (κ3) is 6.93. The number of nitrogens with one attached hydrogen (secondary N) is 2. The lowest BCUT2D eigenvalue weighted by Gasteiger charge is -2.13. The summed E-state index contributed by atoms with van der Waals surface area (Å²) in [5.41, 5.74) is 5.27. The van der Waals surface area contributed by atoms with Gasteiger partial charge in [-0.2, -0.15) is 0 Å². The normalized spacial score (nSPS) is 13.5. The minimum atomic E-state index is 0.584. The Bertz CT molecular complexity index is 558. The number of benzene rings is 2. The van der Waals surface area contributed by atoms with Crippen molar-refractivity contribution in [2.24, 2.45) is 0 Å². The number of rotatable bonds is 11. The molecule has 2 atom stereocenters. The van der Waals surface area contributed by atoms with Gasteiger partial charge in [-0.3, -0.25) is 0 Å². The van der Waals surface area contributed by atoms with Gasteiger partial charge in [-0.15, -0.1) is 0 Å². The maximum absolute atomic E-state index is 3.59. The summed E-state index contributed by atoms with van der Waals surface area (Å²) in [6, 6.07) is 19.1. The van der Waals surface area contributed by atoms with Gasteiger partial charge in [0.1, 0.15) is 0 Å². The lowest BCUT2D eigenvalue weighted by molar-refractivity contribution is 0.508. The van der Waals surface area contributed by atoms with Crippen LogP contribution in [0.15, 0.2) is 48.5 Å². The Kier molecular flexibility index (Phi) is 8.87. The summed E-state index contributed by atoms with van der Waals surface area (Å²) in [7, 11) is 0. The standard InChI is InChI=1S/C24H36N2/c1-5-7-19(3)25-17-21-9-13-23(14-10-21)24-15-11-22(12-16-24)18-26-20(4)8-6-2/h9-16,19-20,25-26H,5-8,17-18H2,1-4H3. The summed E-state index contributed by atoms with van der Waals surface area (Å²) in [5.74, 6) is 0. The molecule has 0 radical (unpaired) electrons. The van der Waals surface area contributed by atoms with Crippen molar-refractivity contribution in [1.29, 1.82) is 0 Å². The molecule has 26 heavy (non-hydrogen) atoms. The minimum absolute atomic E-state index is 0.584. The van der Waals surface area contributed by atoms with Crippen LogP contribution in [0.4, 0.5) is 0 Å². The Balaban J connectivity index is 1.88. The molecule has 0 aliphatic rings. The number of hydrogen-bond acceptors (Lipinski definition) is 2. The van der Waals surface area contributed by atoms with Crippen molar-refractivity contribution in [3.05, 3.63) is 59.7 Å². The van der Waals surface area contributed by atoms with Crippen molar-refractivity contribution in [1.82, 2.24) is 10.6 Å². The zero-order valence-electron chi connectivity index (χ0n) is 17.0. The van der Waals surface area contributed by atoms with Crippen molar-refractivity contribution in [3.8, 4) is 11.1 Å². The predicted molar refractivity (Wildman–Crippen MR) is 114 cm³/mol. The minimum Gasteiger partial charge on any atom is -0.310 e. The molecule has 2 heteroatoms. The third-order valence-corrected chi connectivity index (χ3v) is 4.99. The summed E-state index contributed by atoms with van der Waals surface area (Å²) in [5, 5.41) is 7.18. The average Bonchev–Trinajstić information content (AvgIpc) is 2.66. The molecular weight excluding hydrogens is 316 g/mol. The van der Waals surface area contributed by atoms with E-state index in [1.54, 1.807) is 0 Å². The lowest BCUT2D eigenvalue weighted by Crippen LogP contribution is -2.25. The molecule has 2 aromatic rings. The van der Waals surface area contributed by atoms with Crippen molar-refractivity contribution >= 4 is 0 Å². The van der Waals surface area contributed by atoms with Gasteiger partial charge >= 0.3 is 0 Å². The lowest BCUT2D eigenvalue weighted by atomic mass is 10.0. The Hall–Kier alpha value is -1.64. The van der Waals surface area contributed by atoms with E-state index in [1.165, 1.54) is 47.9 Å². The van der Waals surface area contributed by atoms with Crippen LogP contribution in [0.3, 0.4) is 0 Å². The van der Waals surface area contributed by atoms with Crippen LogP contribution in [0.5, 0.6) is 0 Å². The summed E-state index contributed by atoms with van der Waals surface area (Å²) in [4.78, 5) is 0. The summed E-state index contributed by atoms with van der Waals surface area (Å²) >= 11 is 0. The zero-order valence-corrected chi connectivity index (χ0v) is 17.0. The molecule has 0 aromatic heterocycles. The summed E-state index contributed by atoms with van der Waals surface area (Å²) in [6.45, 7) is 10.9. The fraction of sp³-hybridized carbons (Fsp3) is 0.500. The Morgan fingerprint density at radius 3 is 1.27 bits per heavy atom. The van der Waals surface area contributed by atoms with E-state index in [0.29, 0.717) is 12.1 Å². The van der Waals surface area contributed by atoms with Gasteiger partial charge < -0.3 is 10.6 Å². The van der Waals surface area contributed by atoms with Gasteiger partial charge in [0.05, 0.1) is 0 Å². The van der Waals surface area contributed by atoms with E-state index in [-0.39, 0.29) is 0 Å². The molecule has 142 valence electrons. The Morgan fingerprint density at radius 1 is 0.615 bits per heavy atom. The van der Waals surface area contributed by atoms with Crippen molar-refractivity contribution in [2.75, 3.05) is 0 Å². The molecule has 2 rings (SSSR count). The van der Waals surface area contributed by atoms with E-state index in [0.717, 1.165) is 13.1 Å². The molecule has 0 bridgehead atoms. The highest BCUT2D eigenvalue weighted by Gasteiger charge is 2.03. The van der Waals surface area contributed by atoms with E-state index in [4.69, 9.17) is 0 Å². The van der Waals surface area contributed by atoms with Crippen LogP contribution in [0.1, 0.15) is 64.5 Å². The second-order valence-corrected chi connectivity index (χ2v) is 7.54. The van der Waals surface area contributed by atoms with Crippen LogP contribution in [-0.2, 0) is 13.1 Å². The first-order chi connectivity index (χ1) is 12.6. The molecule has 2 aromatic carbocycles. The van der Waals surface area contributed by atoms with Crippen LogP contribution >= 0.6 is 0 Å². The highest BCUT2D eigenvalue weighted by molar-refractivity contribution is 5.63. The fourth-order valence-electron chi connectivity index (χ4n) is 3.28. The van der Waals surface area contributed by atoms with Gasteiger partial charge in [-0.05, 0) is 48.9 Å². The van der Waals surface area contributed by atoms with Crippen LogP contribution in [0.25, 0.3) is 11.1 Å². The summed E-state index contributed by atoms with van der Waals surface area (Å²) in [6.07, 6.45) is 4.93. The molecule has 0 amide bonds. The molecular formula is C24H36N2. The smallest absolute Gasteiger partial charge is 0.0207 e. The molecule has 0 aliphatic carbocycles. The SMILES string of the molecule is CCCC(C)NCc1ccc(-c2ccc(CNC(C)CCC)cc2)cc1. The zero-order chi connectivity index (χ0) is 18.8. The fourth-order valence-corrected chi connectivity index (χ4v) is 3.28. The summed E-state index contributed by atoms with van der Waals surface area (Å²) < 4.78 is 0. The van der Waals surface area contributed by atoms with Gasteiger partial charge in [-0.1, -0.05) is 75.2 Å². The molecule has 2 N–H and O–H groups in total. The molecule has 0 fully saturated rings. The maximum Gasteiger partial charge on any atom is 0.0207 e. The second-order valence-electron chi connectivity index (χ2n) is 7.54. The average molecular weight is 353 g/mol. The maximum atomic E-state index is 3.59. The third-order valence-electron chi connectivity index (χ3n) is 4.99. The van der Waals surface area contributed by atoms with Crippen molar-refractivity contribution < 1.29 is 0 Å². The Labute approximate surface area is 160 Å². The van der Waals surface area contributed by atoms with E-state index < -0.39 is 0 Å². The highest BCUT2D eigenvalue weighted by Crippen LogP contribution is 2.20. The van der Waals surface area contributed by atoms with Crippen LogP contribution in [0.2, 0.25) is 0 Å². The van der Waals surface area contributed by atoms with Crippen LogP contribution in [-0.4, -0.2) is 12.1 Å². The van der Waals surface area contributed by atoms with Gasteiger partial charge in [0, 0.05) is 25.2 Å². The van der Waals surface area contributed by atoms with Gasteiger partial charge in [0.25, 0.3) is 0 Å². The quantitative estimate of drug-likeness (QED) is 0.525. The van der Waals surface area contributed by atoms with E-state index in [9.17, 15) is 0 Å². The van der Waals surface area contributed by atoms with Crippen molar-refractivity contribution in [3.63, 3.8) is 0 Å². The molecule has 0 spiro atoms. The highest BCUT2D eigenvalue weighted by atomic mass is 14.9. The molecule has 0 aliphatic heterocycles. The molecule has 0 heterocycles. The largest absolute Gasteiger partial charge is 0.310 e. The first-order valence-electron chi connectivity index (χ1n) is 10.3. The van der Waals surface area contributed by atoms with Crippen LogP contribution in [0, 0.1) is 0 Å². The van der Waals surface area contributed by atoms with E-state index in [2.05, 4.69) is 86.9 Å². The molecule has 2 nitrogen and oxygen atoms in total. The monoisotopic (exact) mass is 352 g/mol. The van der Waals surface area contributed by atoms with Gasteiger partial charge in [0.2, 0.25) is 0 Å². The second kappa shape index (κ2) is 11.2. The molecule has 0 saturated carbocycles. The predicted octanol–water partition coefficient (Wildman–Crippen LogP) is 5.91. The Morgan fingerprint density at radius 2 is 0.962 bits per heavy atom.